The van der Waals surface area contributed by atoms with E-state index in [0.29, 0.717) is 36.8 Å². The second-order valence-corrected chi connectivity index (χ2v) is 25.8. The fourth-order valence-electron chi connectivity index (χ4n) is 13.2. The molecule has 4 aliphatic heterocycles. The number of hydrogen-bond donors (Lipinski definition) is 2. The summed E-state index contributed by atoms with van der Waals surface area (Å²) in [4.78, 5) is 74.4. The molecule has 540 valence electrons. The number of rotatable bonds is 28. The Hall–Kier alpha value is -8.26. The van der Waals surface area contributed by atoms with Crippen molar-refractivity contribution in [1.82, 2.24) is 68.4 Å². The molecule has 0 aliphatic carbocycles. The van der Waals surface area contributed by atoms with E-state index in [2.05, 4.69) is 148 Å². The highest BCUT2D eigenvalue weighted by Crippen LogP contribution is 2.29. The number of aldehydes is 2. The summed E-state index contributed by atoms with van der Waals surface area (Å²) in [7, 11) is 0. The number of hydrogen-bond acceptors (Lipinski definition) is 20. The molecule has 22 nitrogen and oxygen atoms in total. The van der Waals surface area contributed by atoms with Crippen molar-refractivity contribution in [3.8, 4) is 0 Å². The van der Waals surface area contributed by atoms with Gasteiger partial charge in [-0.25, -0.2) is 18.7 Å². The van der Waals surface area contributed by atoms with Gasteiger partial charge in [0.15, 0.2) is 34.0 Å². The third-order valence-electron chi connectivity index (χ3n) is 19.7. The average Bonchev–Trinajstić information content (AvgIpc) is 1.58. The zero-order chi connectivity index (χ0) is 70.6. The van der Waals surface area contributed by atoms with Gasteiger partial charge in [-0.05, 0) is 164 Å². The zero-order valence-corrected chi connectivity index (χ0v) is 60.8. The lowest BCUT2D eigenvalue weighted by Crippen LogP contribution is -2.46. The molecular weight excluding hydrogens is 1260 g/mol. The minimum atomic E-state index is -0.319. The van der Waals surface area contributed by atoms with Crippen molar-refractivity contribution < 1.29 is 18.4 Å². The van der Waals surface area contributed by atoms with Crippen LogP contribution in [0.2, 0.25) is 0 Å². The summed E-state index contributed by atoms with van der Waals surface area (Å²) in [6, 6.07) is 28.4. The number of anilines is 6. The van der Waals surface area contributed by atoms with Crippen molar-refractivity contribution in [3.63, 3.8) is 0 Å². The molecule has 2 N–H and O–H groups in total. The first-order valence-corrected chi connectivity index (χ1v) is 36.7. The Labute approximate surface area is 592 Å². The van der Waals surface area contributed by atoms with Crippen LogP contribution in [0.4, 0.5) is 43.7 Å². The third-order valence-corrected chi connectivity index (χ3v) is 19.7. The van der Waals surface area contributed by atoms with Gasteiger partial charge in [-0.15, -0.1) is 0 Å². The highest BCUT2D eigenvalue weighted by Gasteiger charge is 2.26. The summed E-state index contributed by atoms with van der Waals surface area (Å²) in [5, 5.41) is 6.91. The molecule has 0 saturated carbocycles. The van der Waals surface area contributed by atoms with Crippen molar-refractivity contribution in [2.24, 2.45) is 0 Å². The molecule has 4 aliphatic rings. The fraction of sp³-hybridized carbons (Fsp3) is 0.526. The number of piperazine rings is 4. The second-order valence-electron chi connectivity index (χ2n) is 25.8. The molecule has 0 radical (unpaired) electrons. The van der Waals surface area contributed by atoms with Crippen LogP contribution in [0, 0.1) is 11.6 Å². The Morgan fingerprint density at radius 3 is 1.04 bits per heavy atom. The largest absolute Gasteiger partial charge is 0.372 e. The van der Waals surface area contributed by atoms with Crippen LogP contribution >= 0.6 is 0 Å². The van der Waals surface area contributed by atoms with Crippen LogP contribution in [0.5, 0.6) is 0 Å². The summed E-state index contributed by atoms with van der Waals surface area (Å²) in [5.41, 5.74) is 9.47. The molecule has 12 rings (SSSR count). The third kappa shape index (κ3) is 21.9. The van der Waals surface area contributed by atoms with Gasteiger partial charge in [0.1, 0.15) is 24.2 Å². The van der Waals surface area contributed by atoms with E-state index in [0.717, 1.165) is 221 Å². The van der Waals surface area contributed by atoms with E-state index in [1.807, 2.05) is 36.9 Å². The number of imidazole rings is 2. The Balaban J connectivity index is 0.000000179. The van der Waals surface area contributed by atoms with Gasteiger partial charge in [0.05, 0.1) is 12.7 Å². The first-order chi connectivity index (χ1) is 48.9. The molecular formula is C76H110F2N20O2. The molecule has 4 saturated heterocycles. The molecule has 0 unspecified atom stereocenters. The van der Waals surface area contributed by atoms with Gasteiger partial charge in [-0.2, -0.15) is 19.9 Å². The highest BCUT2D eigenvalue weighted by atomic mass is 19.1. The van der Waals surface area contributed by atoms with Gasteiger partial charge in [0.25, 0.3) is 0 Å². The number of carbonyl (C=O) groups excluding carboxylic acids is 2. The minimum absolute atomic E-state index is 0.230. The number of halogens is 2. The van der Waals surface area contributed by atoms with E-state index < -0.39 is 0 Å². The maximum absolute atomic E-state index is 13.3. The quantitative estimate of drug-likeness (QED) is 0.0442. The van der Waals surface area contributed by atoms with Crippen LogP contribution in [0.1, 0.15) is 100 Å². The lowest BCUT2D eigenvalue weighted by atomic mass is 10.2. The van der Waals surface area contributed by atoms with Crippen molar-refractivity contribution in [2.75, 3.05) is 200 Å². The number of nitrogens with zero attached hydrogens (tertiary/aromatic N) is 18. The first kappa shape index (κ1) is 75.9. The topological polar surface area (TPSA) is 178 Å². The summed E-state index contributed by atoms with van der Waals surface area (Å²) in [6.45, 7) is 48.5. The maximum atomic E-state index is 13.3. The van der Waals surface area contributed by atoms with Crippen LogP contribution in [0.25, 0.3) is 22.3 Å². The lowest BCUT2D eigenvalue weighted by Gasteiger charge is -2.34. The SMILES string of the molecule is CCN(CC)c1ccc(C=O)cc1.CCN1CCN(CCCn2cnc3c(N4CCN(CC)CC4)nc(NCc4ccc(F)cc4)nc32)CC1.CCN1CCN(CCCn2cnc3c(N4CCN(CC)CC4)nc(NCc4ccc(N(CC)CC)cc4)nc32)CC1.O=Cc1ccc(F)cc1. The normalized spacial score (nSPS) is 15.9. The van der Waals surface area contributed by atoms with Crippen LogP contribution in [0.15, 0.2) is 110 Å². The average molecular weight is 1370 g/mol. The maximum Gasteiger partial charge on any atom is 0.227 e. The van der Waals surface area contributed by atoms with E-state index in [4.69, 9.17) is 29.9 Å². The van der Waals surface area contributed by atoms with Crippen LogP contribution in [-0.4, -0.2) is 251 Å². The van der Waals surface area contributed by atoms with Gasteiger partial charge in [-0.1, -0.05) is 52.0 Å². The molecule has 24 heteroatoms. The molecule has 8 aromatic rings. The van der Waals surface area contributed by atoms with Gasteiger partial charge < -0.3 is 68.8 Å². The number of nitrogens with one attached hydrogen (secondary N) is 2. The van der Waals surface area contributed by atoms with Crippen LogP contribution in [-0.2, 0) is 26.2 Å². The van der Waals surface area contributed by atoms with Crippen molar-refractivity contribution >= 4 is 69.8 Å². The molecule has 4 aromatic heterocycles. The van der Waals surface area contributed by atoms with Crippen molar-refractivity contribution in [2.45, 2.75) is 94.4 Å². The highest BCUT2D eigenvalue weighted by molar-refractivity contribution is 5.86. The molecule has 0 bridgehead atoms. The van der Waals surface area contributed by atoms with E-state index in [1.165, 1.54) is 79.5 Å². The Morgan fingerprint density at radius 2 is 0.700 bits per heavy atom. The number of aryl methyl sites for hydroxylation is 2. The Kier molecular flexibility index (Phi) is 30.1. The molecule has 100 heavy (non-hydrogen) atoms. The van der Waals surface area contributed by atoms with E-state index in [1.54, 1.807) is 12.1 Å². The van der Waals surface area contributed by atoms with Gasteiger partial charge >= 0.3 is 0 Å². The summed E-state index contributed by atoms with van der Waals surface area (Å²) >= 11 is 0. The second kappa shape index (κ2) is 39.7. The molecule has 0 atom stereocenters. The molecule has 4 aromatic carbocycles. The monoisotopic (exact) mass is 1370 g/mol. The van der Waals surface area contributed by atoms with Crippen LogP contribution < -0.4 is 30.2 Å². The number of benzene rings is 4. The van der Waals surface area contributed by atoms with E-state index in [-0.39, 0.29) is 11.6 Å². The molecule has 0 amide bonds. The molecule has 8 heterocycles. The number of aromatic nitrogens is 8. The Morgan fingerprint density at radius 1 is 0.390 bits per heavy atom. The number of likely N-dealkylation sites (N-methyl/N-ethyl adjacent to an activating group) is 4. The minimum Gasteiger partial charge on any atom is -0.372 e. The summed E-state index contributed by atoms with van der Waals surface area (Å²) < 4.78 is 29.8. The van der Waals surface area contributed by atoms with Crippen molar-refractivity contribution in [1.29, 1.82) is 0 Å². The zero-order valence-electron chi connectivity index (χ0n) is 60.8. The fourth-order valence-corrected chi connectivity index (χ4v) is 13.2. The van der Waals surface area contributed by atoms with Crippen molar-refractivity contribution in [3.05, 3.63) is 144 Å². The van der Waals surface area contributed by atoms with Gasteiger partial charge in [0, 0.05) is 180 Å². The van der Waals surface area contributed by atoms with Gasteiger partial charge in [0.2, 0.25) is 11.9 Å². The summed E-state index contributed by atoms with van der Waals surface area (Å²) in [6.07, 6.45) is 7.59. The van der Waals surface area contributed by atoms with Gasteiger partial charge in [-0.3, -0.25) is 9.59 Å². The molecule has 0 spiro atoms. The first-order valence-electron chi connectivity index (χ1n) is 36.7. The predicted molar refractivity (Wildman–Crippen MR) is 404 cm³/mol. The Bertz CT molecular complexity index is 3670. The van der Waals surface area contributed by atoms with Crippen LogP contribution in [0.3, 0.4) is 0 Å². The summed E-state index contributed by atoms with van der Waals surface area (Å²) in [5.74, 6) is 2.57. The van der Waals surface area contributed by atoms with E-state index >= 15 is 0 Å². The lowest BCUT2D eigenvalue weighted by molar-refractivity contribution is 0.111. The standard InChI is InChI=1S/C31H50N10.C27H40FN9.C11H15NO.C7H5FO/c1-5-36-16-18-38(19-17-36)14-9-15-41-25-33-28-29(40-22-20-37(6-2)21-23-40)34-31(35-30(28)41)32-24-26-10-12-27(13-11-26)39(7-3)8-4;1-3-33-12-14-35(15-13-33)10-5-11-37-21-30-24-25(36-18-16-34(4-2)17-19-36)31-27(32-26(24)37)29-20-22-6-8-23(28)9-7-22;1-3-12(4-2)11-7-5-10(9-13)6-8-11;8-7-3-1-6(5-9)2-4-7/h10-13,25H,5-9,14-24H2,1-4H3,(H,32,34,35);6-9,21H,3-5,10-20H2,1-2H3,(H,29,31,32);5-9H,3-4H2,1-2H3;1-5H. The molecule has 4 fully saturated rings. The smallest absolute Gasteiger partial charge is 0.227 e. The number of carbonyl (C=O) groups is 2. The predicted octanol–water partition coefficient (Wildman–Crippen LogP) is 10.2. The number of fused-ring (bicyclic) bond motifs is 2. The van der Waals surface area contributed by atoms with E-state index in [9.17, 15) is 18.4 Å².